The van der Waals surface area contributed by atoms with Crippen LogP contribution in [0.4, 0.5) is 17.1 Å². The smallest absolute Gasteiger partial charge is 0.142 e. The molecule has 0 bridgehead atoms. The molecule has 0 spiro atoms. The molecule has 0 atom stereocenters. The van der Waals surface area contributed by atoms with E-state index in [1.165, 1.54) is 24.0 Å². The Balaban J connectivity index is 0.000000352. The molecule has 0 aromatic heterocycles. The molecule has 5 heteroatoms. The summed E-state index contributed by atoms with van der Waals surface area (Å²) >= 11 is 0. The molecule has 0 saturated carbocycles. The minimum absolute atomic E-state index is 0.312. The fourth-order valence-electron chi connectivity index (χ4n) is 2.63. The number of para-hydroxylation sites is 3. The summed E-state index contributed by atoms with van der Waals surface area (Å²) in [6.45, 7) is 1.31. The van der Waals surface area contributed by atoms with Crippen LogP contribution in [-0.2, 0) is 10.1 Å². The summed E-state index contributed by atoms with van der Waals surface area (Å²) in [5, 5.41) is 0. The van der Waals surface area contributed by atoms with Gasteiger partial charge in [0.2, 0.25) is 0 Å². The van der Waals surface area contributed by atoms with Crippen LogP contribution < -0.4 is 4.48 Å². The molecule has 4 nitrogen and oxygen atoms in total. The highest BCUT2D eigenvalue weighted by Crippen LogP contribution is 2.41. The zero-order valence-electron chi connectivity index (χ0n) is 14.9. The molecule has 0 aliphatic carbocycles. The SMILES string of the molecule is CCS(=O)(=O)[O-].C[N+](c1ccccc1)(c1ccccc1)c1ccccc1. The van der Waals surface area contributed by atoms with Crippen LogP contribution in [-0.4, -0.2) is 25.8 Å². The Hall–Kier alpha value is -2.47. The van der Waals surface area contributed by atoms with Gasteiger partial charge in [-0.15, -0.1) is 0 Å². The lowest BCUT2D eigenvalue weighted by molar-refractivity contribution is 0.464. The molecule has 0 aliphatic heterocycles. The highest BCUT2D eigenvalue weighted by atomic mass is 32.2. The van der Waals surface area contributed by atoms with Crippen LogP contribution in [0, 0.1) is 0 Å². The van der Waals surface area contributed by atoms with Crippen LogP contribution >= 0.6 is 0 Å². The van der Waals surface area contributed by atoms with E-state index in [9.17, 15) is 13.0 Å². The predicted molar refractivity (Wildman–Crippen MR) is 107 cm³/mol. The number of hydrogen-bond acceptors (Lipinski definition) is 3. The predicted octanol–water partition coefficient (Wildman–Crippen LogP) is 4.84. The summed E-state index contributed by atoms with van der Waals surface area (Å²) in [7, 11) is -1.68. The molecule has 136 valence electrons. The number of benzene rings is 3. The number of rotatable bonds is 4. The van der Waals surface area contributed by atoms with Crippen molar-refractivity contribution in [3.8, 4) is 0 Å². The quantitative estimate of drug-likeness (QED) is 0.488. The Kier molecular flexibility index (Phi) is 6.69. The van der Waals surface area contributed by atoms with Crippen molar-refractivity contribution in [1.29, 1.82) is 0 Å². The molecule has 3 aromatic carbocycles. The maximum atomic E-state index is 9.44. The van der Waals surface area contributed by atoms with Gasteiger partial charge >= 0.3 is 0 Å². The summed E-state index contributed by atoms with van der Waals surface area (Å²) in [6, 6.07) is 31.8. The zero-order chi connectivity index (χ0) is 19.0. The Morgan fingerprint density at radius 3 is 1.12 bits per heavy atom. The lowest BCUT2D eigenvalue weighted by Crippen LogP contribution is -2.33. The highest BCUT2D eigenvalue weighted by molar-refractivity contribution is 7.85. The summed E-state index contributed by atoms with van der Waals surface area (Å²) in [6.07, 6.45) is 0. The Morgan fingerprint density at radius 2 is 0.923 bits per heavy atom. The standard InChI is InChI=1S/C19H18N.C2H6O3S/c1-20(17-11-5-2-6-12-17,18-13-7-3-8-14-18)19-15-9-4-10-16-19;1-2-6(3,4)5/h2-16H,1H3;2H2,1H3,(H,3,4,5)/q+1;/p-1. The van der Waals surface area contributed by atoms with Crippen LogP contribution in [0.5, 0.6) is 0 Å². The van der Waals surface area contributed by atoms with E-state index in [-0.39, 0.29) is 5.75 Å². The van der Waals surface area contributed by atoms with E-state index < -0.39 is 10.1 Å². The molecule has 3 rings (SSSR count). The van der Waals surface area contributed by atoms with Crippen molar-refractivity contribution >= 4 is 27.2 Å². The van der Waals surface area contributed by atoms with Gasteiger partial charge in [-0.1, -0.05) is 61.5 Å². The Bertz CT molecular complexity index is 799. The Morgan fingerprint density at radius 1 is 0.692 bits per heavy atom. The van der Waals surface area contributed by atoms with Gasteiger partial charge in [0.25, 0.3) is 0 Å². The summed E-state index contributed by atoms with van der Waals surface area (Å²) in [5.74, 6) is -0.312. The van der Waals surface area contributed by atoms with Gasteiger partial charge in [-0.25, -0.2) is 12.9 Å². The van der Waals surface area contributed by atoms with Gasteiger partial charge in [0, 0.05) is 5.75 Å². The lowest BCUT2D eigenvalue weighted by Gasteiger charge is -2.33. The normalized spacial score (nSPS) is 11.3. The topological polar surface area (TPSA) is 57.2 Å². The molecule has 0 aliphatic rings. The lowest BCUT2D eigenvalue weighted by atomic mass is 10.1. The molecule has 0 radical (unpaired) electrons. The van der Waals surface area contributed by atoms with Crippen molar-refractivity contribution in [3.63, 3.8) is 0 Å². The molecular weight excluding hydrogens is 346 g/mol. The van der Waals surface area contributed by atoms with Gasteiger partial charge < -0.3 is 4.55 Å². The molecular formula is C21H23NO3S. The van der Waals surface area contributed by atoms with E-state index in [4.69, 9.17) is 0 Å². The summed E-state index contributed by atoms with van der Waals surface area (Å²) < 4.78 is 29.0. The van der Waals surface area contributed by atoms with E-state index in [1.54, 1.807) is 0 Å². The van der Waals surface area contributed by atoms with Gasteiger partial charge in [-0.05, 0) is 36.4 Å². The van der Waals surface area contributed by atoms with Gasteiger partial charge in [-0.3, -0.25) is 0 Å². The van der Waals surface area contributed by atoms with Crippen molar-refractivity contribution in [2.24, 2.45) is 0 Å². The van der Waals surface area contributed by atoms with E-state index in [2.05, 4.69) is 98.0 Å². The van der Waals surface area contributed by atoms with Crippen LogP contribution in [0.2, 0.25) is 0 Å². The van der Waals surface area contributed by atoms with Gasteiger partial charge in [-0.2, -0.15) is 0 Å². The maximum absolute atomic E-state index is 9.44. The molecule has 0 amide bonds. The monoisotopic (exact) mass is 369 g/mol. The van der Waals surface area contributed by atoms with Crippen molar-refractivity contribution in [3.05, 3.63) is 91.0 Å². The third kappa shape index (κ3) is 5.02. The second-order valence-corrected chi connectivity index (χ2v) is 7.55. The third-order valence-corrected chi connectivity index (χ3v) is 4.88. The minimum Gasteiger partial charge on any atom is -0.748 e. The molecule has 0 unspecified atom stereocenters. The molecule has 0 N–H and O–H groups in total. The zero-order valence-corrected chi connectivity index (χ0v) is 15.8. The second kappa shape index (κ2) is 8.76. The average Bonchev–Trinajstić information content (AvgIpc) is 2.69. The van der Waals surface area contributed by atoms with Crippen molar-refractivity contribution < 1.29 is 13.0 Å². The molecule has 26 heavy (non-hydrogen) atoms. The number of hydrogen-bond donors (Lipinski definition) is 0. The van der Waals surface area contributed by atoms with Gasteiger partial charge in [0.15, 0.2) is 0 Å². The Labute approximate surface area is 155 Å². The van der Waals surface area contributed by atoms with Crippen LogP contribution in [0.1, 0.15) is 6.92 Å². The first-order chi connectivity index (χ1) is 12.4. The minimum atomic E-state index is -3.91. The fraction of sp³-hybridized carbons (Fsp3) is 0.143. The summed E-state index contributed by atoms with van der Waals surface area (Å²) in [4.78, 5) is 0. The third-order valence-electron chi connectivity index (χ3n) is 4.17. The second-order valence-electron chi connectivity index (χ2n) is 5.86. The van der Waals surface area contributed by atoms with Gasteiger partial charge in [0.05, 0.1) is 17.2 Å². The number of nitrogens with zero attached hydrogens (tertiary/aromatic N) is 1. The van der Waals surface area contributed by atoms with Crippen molar-refractivity contribution in [2.45, 2.75) is 6.92 Å². The first-order valence-electron chi connectivity index (χ1n) is 8.35. The first-order valence-corrected chi connectivity index (χ1v) is 9.92. The van der Waals surface area contributed by atoms with E-state index in [0.717, 1.165) is 0 Å². The maximum Gasteiger partial charge on any atom is 0.142 e. The van der Waals surface area contributed by atoms with Crippen molar-refractivity contribution in [1.82, 2.24) is 4.48 Å². The van der Waals surface area contributed by atoms with Crippen LogP contribution in [0.25, 0.3) is 0 Å². The van der Waals surface area contributed by atoms with E-state index in [1.807, 2.05) is 0 Å². The van der Waals surface area contributed by atoms with Gasteiger partial charge in [0.1, 0.15) is 17.1 Å². The number of quaternary nitrogens is 1. The van der Waals surface area contributed by atoms with E-state index >= 15 is 0 Å². The molecule has 0 fully saturated rings. The first kappa shape index (κ1) is 19.8. The molecule has 0 saturated heterocycles. The summed E-state index contributed by atoms with van der Waals surface area (Å²) in [5.41, 5.74) is 3.76. The van der Waals surface area contributed by atoms with E-state index in [0.29, 0.717) is 4.48 Å². The molecule has 3 aromatic rings. The van der Waals surface area contributed by atoms with Crippen LogP contribution in [0.3, 0.4) is 0 Å². The van der Waals surface area contributed by atoms with Crippen molar-refractivity contribution in [2.75, 3.05) is 12.8 Å². The fourth-order valence-corrected chi connectivity index (χ4v) is 2.63. The van der Waals surface area contributed by atoms with Crippen LogP contribution in [0.15, 0.2) is 91.0 Å². The highest BCUT2D eigenvalue weighted by Gasteiger charge is 2.30. The molecule has 0 heterocycles. The average molecular weight is 369 g/mol. The largest absolute Gasteiger partial charge is 0.748 e.